The number of hydrogen-bond donors (Lipinski definition) is 1. The van der Waals surface area contributed by atoms with Crippen molar-refractivity contribution in [3.63, 3.8) is 0 Å². The summed E-state index contributed by atoms with van der Waals surface area (Å²) in [5, 5.41) is 20.3. The summed E-state index contributed by atoms with van der Waals surface area (Å²) in [4.78, 5) is 12.6. The van der Waals surface area contributed by atoms with Crippen LogP contribution in [0.3, 0.4) is 0 Å². The van der Waals surface area contributed by atoms with Crippen LogP contribution in [0.1, 0.15) is 18.9 Å². The third-order valence-corrected chi connectivity index (χ3v) is 3.65. The van der Waals surface area contributed by atoms with Gasteiger partial charge in [0.25, 0.3) is 5.69 Å². The molecule has 5 heteroatoms. The SMILES string of the molecule is Cc1cc(N2CCC(C(C)O)C2)ccc1[N+](=O)[O-]. The minimum atomic E-state index is -0.359. The molecule has 0 radical (unpaired) electrons. The van der Waals surface area contributed by atoms with Crippen LogP contribution in [0.4, 0.5) is 11.4 Å². The highest BCUT2D eigenvalue weighted by Crippen LogP contribution is 2.29. The van der Waals surface area contributed by atoms with E-state index in [1.165, 1.54) is 0 Å². The van der Waals surface area contributed by atoms with E-state index < -0.39 is 0 Å². The predicted octanol–water partition coefficient (Wildman–Crippen LogP) is 2.11. The average Bonchev–Trinajstić information content (AvgIpc) is 2.77. The van der Waals surface area contributed by atoms with Gasteiger partial charge in [0.15, 0.2) is 0 Å². The Balaban J connectivity index is 2.16. The quantitative estimate of drug-likeness (QED) is 0.659. The first-order valence-corrected chi connectivity index (χ1v) is 6.17. The van der Waals surface area contributed by atoms with Crippen LogP contribution in [0, 0.1) is 23.0 Å². The number of aryl methyl sites for hydroxylation is 1. The number of benzene rings is 1. The van der Waals surface area contributed by atoms with Crippen molar-refractivity contribution in [3.05, 3.63) is 33.9 Å². The molecule has 0 aromatic heterocycles. The standard InChI is InChI=1S/C13H18N2O3/c1-9-7-12(3-4-13(9)15(17)18)14-6-5-11(8-14)10(2)16/h3-4,7,10-11,16H,5-6,8H2,1-2H3. The third kappa shape index (κ3) is 2.46. The van der Waals surface area contributed by atoms with Gasteiger partial charge in [-0.25, -0.2) is 0 Å². The number of anilines is 1. The van der Waals surface area contributed by atoms with Crippen molar-refractivity contribution in [2.75, 3.05) is 18.0 Å². The van der Waals surface area contributed by atoms with Gasteiger partial charge < -0.3 is 10.0 Å². The van der Waals surface area contributed by atoms with E-state index in [1.807, 2.05) is 13.0 Å². The molecule has 2 atom stereocenters. The Bertz CT molecular complexity index is 460. The zero-order chi connectivity index (χ0) is 13.3. The lowest BCUT2D eigenvalue weighted by molar-refractivity contribution is -0.385. The number of aliphatic hydroxyl groups is 1. The Hall–Kier alpha value is -1.62. The molecule has 0 bridgehead atoms. The largest absolute Gasteiger partial charge is 0.393 e. The van der Waals surface area contributed by atoms with Gasteiger partial charge in [-0.3, -0.25) is 10.1 Å². The number of nitro benzene ring substituents is 1. The van der Waals surface area contributed by atoms with Gasteiger partial charge in [0.05, 0.1) is 11.0 Å². The molecule has 1 aliphatic heterocycles. The Morgan fingerprint density at radius 3 is 2.78 bits per heavy atom. The molecular formula is C13H18N2O3. The number of nitro groups is 1. The van der Waals surface area contributed by atoms with Crippen LogP contribution >= 0.6 is 0 Å². The topological polar surface area (TPSA) is 66.6 Å². The highest BCUT2D eigenvalue weighted by Gasteiger charge is 2.26. The summed E-state index contributed by atoms with van der Waals surface area (Å²) < 4.78 is 0. The van der Waals surface area contributed by atoms with Crippen molar-refractivity contribution in [2.24, 2.45) is 5.92 Å². The Morgan fingerprint density at radius 1 is 1.56 bits per heavy atom. The van der Waals surface area contributed by atoms with Crippen molar-refractivity contribution >= 4 is 11.4 Å². The molecule has 98 valence electrons. The number of aliphatic hydroxyl groups excluding tert-OH is 1. The summed E-state index contributed by atoms with van der Waals surface area (Å²) >= 11 is 0. The van der Waals surface area contributed by atoms with Crippen molar-refractivity contribution in [1.29, 1.82) is 0 Å². The van der Waals surface area contributed by atoms with Crippen LogP contribution in [0.2, 0.25) is 0 Å². The van der Waals surface area contributed by atoms with Crippen LogP contribution in [0.5, 0.6) is 0 Å². The summed E-state index contributed by atoms with van der Waals surface area (Å²) in [5.41, 5.74) is 1.84. The molecule has 1 saturated heterocycles. The lowest BCUT2D eigenvalue weighted by Crippen LogP contribution is -2.23. The van der Waals surface area contributed by atoms with E-state index in [-0.39, 0.29) is 16.7 Å². The van der Waals surface area contributed by atoms with E-state index in [1.54, 1.807) is 19.1 Å². The zero-order valence-corrected chi connectivity index (χ0v) is 10.7. The summed E-state index contributed by atoms with van der Waals surface area (Å²) in [5.74, 6) is 0.292. The van der Waals surface area contributed by atoms with Gasteiger partial charge in [0.1, 0.15) is 0 Å². The summed E-state index contributed by atoms with van der Waals surface area (Å²) in [6, 6.07) is 5.19. The summed E-state index contributed by atoms with van der Waals surface area (Å²) in [6.07, 6.45) is 0.669. The fourth-order valence-corrected chi connectivity index (χ4v) is 2.46. The first-order chi connectivity index (χ1) is 8.49. The van der Waals surface area contributed by atoms with Gasteiger partial charge in [-0.2, -0.15) is 0 Å². The van der Waals surface area contributed by atoms with Gasteiger partial charge in [-0.1, -0.05) is 0 Å². The average molecular weight is 250 g/mol. The first kappa shape index (κ1) is 12.8. The lowest BCUT2D eigenvalue weighted by atomic mass is 10.0. The second-order valence-electron chi connectivity index (χ2n) is 4.96. The van der Waals surface area contributed by atoms with Crippen LogP contribution in [-0.4, -0.2) is 29.2 Å². The molecule has 1 fully saturated rings. The van der Waals surface area contributed by atoms with E-state index in [4.69, 9.17) is 0 Å². The second-order valence-corrected chi connectivity index (χ2v) is 4.96. The van der Waals surface area contributed by atoms with E-state index >= 15 is 0 Å². The van der Waals surface area contributed by atoms with Crippen molar-refractivity contribution < 1.29 is 10.0 Å². The molecule has 18 heavy (non-hydrogen) atoms. The molecular weight excluding hydrogens is 232 g/mol. The van der Waals surface area contributed by atoms with Crippen molar-refractivity contribution in [2.45, 2.75) is 26.4 Å². The second kappa shape index (κ2) is 4.94. The van der Waals surface area contributed by atoms with Crippen molar-refractivity contribution in [1.82, 2.24) is 0 Å². The van der Waals surface area contributed by atoms with Crippen molar-refractivity contribution in [3.8, 4) is 0 Å². The van der Waals surface area contributed by atoms with Crippen LogP contribution in [0.15, 0.2) is 18.2 Å². The highest BCUT2D eigenvalue weighted by atomic mass is 16.6. The van der Waals surface area contributed by atoms with Gasteiger partial charge in [0, 0.05) is 36.3 Å². The maximum Gasteiger partial charge on any atom is 0.272 e. The van der Waals surface area contributed by atoms with Gasteiger partial charge in [0.2, 0.25) is 0 Å². The highest BCUT2D eigenvalue weighted by molar-refractivity contribution is 5.55. The smallest absolute Gasteiger partial charge is 0.272 e. The molecule has 2 rings (SSSR count). The third-order valence-electron chi connectivity index (χ3n) is 3.65. The molecule has 1 heterocycles. The molecule has 0 aliphatic carbocycles. The number of nitrogens with zero attached hydrogens (tertiary/aromatic N) is 2. The molecule has 1 aliphatic rings. The predicted molar refractivity (Wildman–Crippen MR) is 69.8 cm³/mol. The lowest BCUT2D eigenvalue weighted by Gasteiger charge is -2.20. The number of rotatable bonds is 3. The molecule has 1 aromatic rings. The molecule has 0 spiro atoms. The molecule has 1 aromatic carbocycles. The Kier molecular flexibility index (Phi) is 3.52. The minimum absolute atomic E-state index is 0.157. The van der Waals surface area contributed by atoms with Gasteiger partial charge >= 0.3 is 0 Å². The van der Waals surface area contributed by atoms with Crippen LogP contribution in [0.25, 0.3) is 0 Å². The maximum absolute atomic E-state index is 10.8. The normalized spacial score (nSPS) is 21.1. The summed E-state index contributed by atoms with van der Waals surface area (Å²) in [7, 11) is 0. The number of hydrogen-bond acceptors (Lipinski definition) is 4. The molecule has 1 N–H and O–H groups in total. The Labute approximate surface area is 106 Å². The summed E-state index contributed by atoms with van der Waals surface area (Å²) in [6.45, 7) is 5.28. The van der Waals surface area contributed by atoms with Crippen LogP contribution < -0.4 is 4.90 Å². The first-order valence-electron chi connectivity index (χ1n) is 6.17. The van der Waals surface area contributed by atoms with E-state index in [0.717, 1.165) is 25.2 Å². The van der Waals surface area contributed by atoms with Gasteiger partial charge in [-0.05, 0) is 32.4 Å². The molecule has 5 nitrogen and oxygen atoms in total. The van der Waals surface area contributed by atoms with E-state index in [9.17, 15) is 15.2 Å². The molecule has 2 unspecified atom stereocenters. The zero-order valence-electron chi connectivity index (χ0n) is 10.7. The Morgan fingerprint density at radius 2 is 2.28 bits per heavy atom. The fourth-order valence-electron chi connectivity index (χ4n) is 2.46. The van der Waals surface area contributed by atoms with E-state index in [2.05, 4.69) is 4.90 Å². The molecule has 0 saturated carbocycles. The van der Waals surface area contributed by atoms with Gasteiger partial charge in [-0.15, -0.1) is 0 Å². The van der Waals surface area contributed by atoms with Crippen LogP contribution in [-0.2, 0) is 0 Å². The maximum atomic E-state index is 10.8. The van der Waals surface area contributed by atoms with E-state index in [0.29, 0.717) is 11.5 Å². The monoisotopic (exact) mass is 250 g/mol. The minimum Gasteiger partial charge on any atom is -0.393 e. The molecule has 0 amide bonds. The fraction of sp³-hybridized carbons (Fsp3) is 0.538.